The van der Waals surface area contributed by atoms with Gasteiger partial charge in [0.1, 0.15) is 19.3 Å². The molecule has 0 rings (SSSR count). The Kier molecular flexibility index (Phi) is 71.3. The topological polar surface area (TPSA) is 237 Å². The molecule has 19 heteroatoms. The Bertz CT molecular complexity index is 2040. The predicted molar refractivity (Wildman–Crippen MR) is 414 cm³/mol. The third-order valence-electron chi connectivity index (χ3n) is 18.6. The zero-order valence-corrected chi connectivity index (χ0v) is 67.5. The minimum absolute atomic E-state index is 0.0842. The van der Waals surface area contributed by atoms with Crippen LogP contribution in [0.3, 0.4) is 0 Å². The Labute approximate surface area is 618 Å². The van der Waals surface area contributed by atoms with E-state index < -0.39 is 97.5 Å². The number of rotatable bonds is 79. The van der Waals surface area contributed by atoms with Gasteiger partial charge < -0.3 is 33.8 Å². The van der Waals surface area contributed by atoms with E-state index in [4.69, 9.17) is 37.0 Å². The summed E-state index contributed by atoms with van der Waals surface area (Å²) in [6, 6.07) is 0. The Morgan fingerprint density at radius 1 is 0.307 bits per heavy atom. The number of aliphatic hydroxyl groups is 1. The van der Waals surface area contributed by atoms with Crippen LogP contribution < -0.4 is 0 Å². The van der Waals surface area contributed by atoms with Crippen molar-refractivity contribution < 1.29 is 80.2 Å². The molecule has 0 aromatic rings. The Hall–Kier alpha value is -2.46. The average Bonchev–Trinajstić information content (AvgIpc) is 0.982. The molecule has 0 saturated carbocycles. The summed E-state index contributed by atoms with van der Waals surface area (Å²) < 4.78 is 68.7. The van der Waals surface area contributed by atoms with Crippen LogP contribution >= 0.6 is 15.6 Å². The normalized spacial score (nSPS) is 14.0. The van der Waals surface area contributed by atoms with Crippen molar-refractivity contribution in [3.05, 3.63) is 24.3 Å². The maximum atomic E-state index is 13.1. The third-order valence-corrected chi connectivity index (χ3v) is 20.5. The third kappa shape index (κ3) is 75.6. The van der Waals surface area contributed by atoms with E-state index in [1.807, 2.05) is 0 Å². The lowest BCUT2D eigenvalue weighted by Gasteiger charge is -2.21. The number of allylic oxidation sites excluding steroid dienone is 4. The summed E-state index contributed by atoms with van der Waals surface area (Å²) in [5.41, 5.74) is 0. The van der Waals surface area contributed by atoms with Gasteiger partial charge in [-0.05, 0) is 63.2 Å². The maximum absolute atomic E-state index is 13.1. The molecule has 0 heterocycles. The highest BCUT2D eigenvalue weighted by Crippen LogP contribution is 2.45. The second-order valence-corrected chi connectivity index (χ2v) is 32.7. The molecule has 0 aromatic carbocycles. The fourth-order valence-electron chi connectivity index (χ4n) is 12.2. The summed E-state index contributed by atoms with van der Waals surface area (Å²) in [5.74, 6) is -0.657. The summed E-state index contributed by atoms with van der Waals surface area (Å²) in [6.45, 7) is 9.52. The van der Waals surface area contributed by atoms with Gasteiger partial charge in [-0.15, -0.1) is 0 Å². The van der Waals surface area contributed by atoms with Crippen LogP contribution in [0.2, 0.25) is 0 Å². The first-order valence-electron chi connectivity index (χ1n) is 41.8. The molecule has 0 aliphatic heterocycles. The van der Waals surface area contributed by atoms with Crippen molar-refractivity contribution in [3.63, 3.8) is 0 Å². The highest BCUT2D eigenvalue weighted by molar-refractivity contribution is 7.47. The number of hydrogen-bond donors (Lipinski definition) is 3. The van der Waals surface area contributed by atoms with Gasteiger partial charge in [0.2, 0.25) is 0 Å². The fourth-order valence-corrected chi connectivity index (χ4v) is 13.8. The van der Waals surface area contributed by atoms with E-state index in [1.54, 1.807) is 0 Å². The fraction of sp³-hybridized carbons (Fsp3) is 0.902. The highest BCUT2D eigenvalue weighted by atomic mass is 31.2. The SMILES string of the molecule is CCCCCC/C=C\C=C/CCCCCCCC(=O)O[C@H](COC(=O)CCCCCCCCC(C)C)COP(=O)(O)OC[C@H](O)COP(=O)(O)OC[C@@H](COC(=O)CCCCCCCCCCCCCCCCCCCC)OC(=O)CCCCCCCCCCCCCCCCCCC(C)C. The molecule has 2 unspecified atom stereocenters. The molecule has 0 saturated heterocycles. The lowest BCUT2D eigenvalue weighted by molar-refractivity contribution is -0.161. The molecule has 0 aromatic heterocycles. The minimum atomic E-state index is -4.97. The van der Waals surface area contributed by atoms with Crippen molar-refractivity contribution in [2.24, 2.45) is 11.8 Å². The summed E-state index contributed by atoms with van der Waals surface area (Å²) in [4.78, 5) is 73.0. The zero-order chi connectivity index (χ0) is 74.2. The number of hydrogen-bond acceptors (Lipinski definition) is 15. The van der Waals surface area contributed by atoms with E-state index in [0.717, 1.165) is 115 Å². The van der Waals surface area contributed by atoms with Crippen LogP contribution in [0.5, 0.6) is 0 Å². The summed E-state index contributed by atoms with van der Waals surface area (Å²) in [6.07, 6.45) is 66.2. The average molecular weight is 1480 g/mol. The molecule has 0 amide bonds. The van der Waals surface area contributed by atoms with Crippen LogP contribution in [0.1, 0.15) is 408 Å². The summed E-state index contributed by atoms with van der Waals surface area (Å²) in [5, 5.41) is 10.6. The number of ether oxygens (including phenoxy) is 4. The van der Waals surface area contributed by atoms with Gasteiger partial charge >= 0.3 is 39.5 Å². The number of carbonyl (C=O) groups is 4. The second-order valence-electron chi connectivity index (χ2n) is 29.8. The molecule has 0 fully saturated rings. The Balaban J connectivity index is 5.25. The molecule has 101 heavy (non-hydrogen) atoms. The van der Waals surface area contributed by atoms with Crippen LogP contribution in [0.15, 0.2) is 24.3 Å². The van der Waals surface area contributed by atoms with Gasteiger partial charge in [0.05, 0.1) is 26.4 Å². The molecule has 596 valence electrons. The van der Waals surface area contributed by atoms with Crippen LogP contribution in [0.4, 0.5) is 0 Å². The first kappa shape index (κ1) is 98.5. The van der Waals surface area contributed by atoms with Crippen LogP contribution in [0, 0.1) is 11.8 Å². The molecule has 0 bridgehead atoms. The van der Waals surface area contributed by atoms with E-state index in [2.05, 4.69) is 65.8 Å². The first-order chi connectivity index (χ1) is 48.9. The van der Waals surface area contributed by atoms with E-state index in [-0.39, 0.29) is 25.7 Å². The smallest absolute Gasteiger partial charge is 0.462 e. The van der Waals surface area contributed by atoms with Gasteiger partial charge in [0.15, 0.2) is 12.2 Å². The molecule has 0 aliphatic rings. The standard InChI is InChI=1S/C82H156O17P2/c1-7-9-11-13-15-17-19-21-23-24-25-30-33-37-41-45-52-58-64-79(84)92-70-77(98-81(86)66-61-55-47-43-39-35-31-27-26-29-32-36-40-44-50-56-62-74(3)4)72-96-100(88,89)94-68-76(83)69-95-101(90,91)97-73-78(71-93-80(85)65-59-53-49-48-51-57-63-75(5)6)99-82(87)67-60-54-46-42-38-34-28-22-20-18-16-14-12-10-8-2/h18,20,22,28,74-78,83H,7-17,19,21,23-27,29-73H2,1-6H3,(H,88,89)(H,90,91)/b20-18-,28-22-/t76-,77-,78-/m1/s1. The van der Waals surface area contributed by atoms with Gasteiger partial charge in [-0.2, -0.15) is 0 Å². The van der Waals surface area contributed by atoms with Crippen LogP contribution in [-0.2, 0) is 65.4 Å². The number of carbonyl (C=O) groups excluding carboxylic acids is 4. The molecular weight excluding hydrogens is 1320 g/mol. The summed E-state index contributed by atoms with van der Waals surface area (Å²) >= 11 is 0. The van der Waals surface area contributed by atoms with Crippen molar-refractivity contribution in [1.29, 1.82) is 0 Å². The molecule has 0 spiro atoms. The van der Waals surface area contributed by atoms with Gasteiger partial charge in [-0.1, -0.05) is 355 Å². The predicted octanol–water partition coefficient (Wildman–Crippen LogP) is 24.2. The van der Waals surface area contributed by atoms with E-state index in [0.29, 0.717) is 31.6 Å². The molecular formula is C82H156O17P2. The monoisotopic (exact) mass is 1480 g/mol. The van der Waals surface area contributed by atoms with Crippen molar-refractivity contribution in [1.82, 2.24) is 0 Å². The van der Waals surface area contributed by atoms with Crippen molar-refractivity contribution in [3.8, 4) is 0 Å². The molecule has 0 radical (unpaired) electrons. The molecule has 17 nitrogen and oxygen atoms in total. The van der Waals surface area contributed by atoms with Crippen LogP contribution in [-0.4, -0.2) is 96.7 Å². The second kappa shape index (κ2) is 73.1. The van der Waals surface area contributed by atoms with E-state index >= 15 is 0 Å². The van der Waals surface area contributed by atoms with Crippen molar-refractivity contribution in [2.45, 2.75) is 426 Å². The van der Waals surface area contributed by atoms with Gasteiger partial charge in [-0.3, -0.25) is 37.3 Å². The number of esters is 4. The van der Waals surface area contributed by atoms with Crippen molar-refractivity contribution in [2.75, 3.05) is 39.6 Å². The first-order valence-corrected chi connectivity index (χ1v) is 44.8. The van der Waals surface area contributed by atoms with Gasteiger partial charge in [0, 0.05) is 25.7 Å². The van der Waals surface area contributed by atoms with Gasteiger partial charge in [-0.25, -0.2) is 9.13 Å². The molecule has 0 aliphatic carbocycles. The number of phosphoric ester groups is 2. The maximum Gasteiger partial charge on any atom is 0.472 e. The molecule has 5 atom stereocenters. The van der Waals surface area contributed by atoms with Crippen LogP contribution in [0.25, 0.3) is 0 Å². The number of aliphatic hydroxyl groups excluding tert-OH is 1. The quantitative estimate of drug-likeness (QED) is 0.0169. The lowest BCUT2D eigenvalue weighted by Crippen LogP contribution is -2.30. The van der Waals surface area contributed by atoms with E-state index in [9.17, 15) is 43.2 Å². The minimum Gasteiger partial charge on any atom is -0.462 e. The van der Waals surface area contributed by atoms with E-state index in [1.165, 1.54) is 205 Å². The largest absolute Gasteiger partial charge is 0.472 e. The number of unbranched alkanes of at least 4 members (excludes halogenated alkanes) is 46. The highest BCUT2D eigenvalue weighted by Gasteiger charge is 2.30. The number of phosphoric acid groups is 2. The Morgan fingerprint density at radius 3 is 0.812 bits per heavy atom. The molecule has 3 N–H and O–H groups in total. The zero-order valence-electron chi connectivity index (χ0n) is 65.7. The Morgan fingerprint density at radius 2 is 0.535 bits per heavy atom. The van der Waals surface area contributed by atoms with Gasteiger partial charge in [0.25, 0.3) is 0 Å². The summed E-state index contributed by atoms with van der Waals surface area (Å²) in [7, 11) is -9.93. The van der Waals surface area contributed by atoms with Crippen molar-refractivity contribution >= 4 is 39.5 Å². The lowest BCUT2D eigenvalue weighted by atomic mass is 10.0.